The van der Waals surface area contributed by atoms with Gasteiger partial charge in [0.1, 0.15) is 0 Å². The van der Waals surface area contributed by atoms with E-state index in [1.165, 1.54) is 49.4 Å². The molecule has 0 radical (unpaired) electrons. The molecular formula is C20H37I. The van der Waals surface area contributed by atoms with E-state index in [2.05, 4.69) is 64.1 Å². The van der Waals surface area contributed by atoms with E-state index in [4.69, 9.17) is 0 Å². The van der Waals surface area contributed by atoms with Crippen LogP contribution < -0.4 is 0 Å². The number of hydrogen-bond donors (Lipinski definition) is 0. The zero-order valence-electron chi connectivity index (χ0n) is 15.3. The van der Waals surface area contributed by atoms with Gasteiger partial charge in [-0.05, 0) is 72.5 Å². The van der Waals surface area contributed by atoms with Crippen LogP contribution in [0.15, 0.2) is 0 Å². The molecule has 2 aliphatic rings. The van der Waals surface area contributed by atoms with E-state index in [0.29, 0.717) is 16.2 Å². The highest BCUT2D eigenvalue weighted by Crippen LogP contribution is 2.70. The lowest BCUT2D eigenvalue weighted by Crippen LogP contribution is -2.53. The van der Waals surface area contributed by atoms with E-state index in [1.807, 2.05) is 0 Å². The predicted molar refractivity (Wildman–Crippen MR) is 103 cm³/mol. The highest BCUT2D eigenvalue weighted by molar-refractivity contribution is 14.1. The zero-order chi connectivity index (χ0) is 15.9. The quantitative estimate of drug-likeness (QED) is 0.327. The smallest absolute Gasteiger partial charge is 0.0000458 e. The van der Waals surface area contributed by atoms with Crippen molar-refractivity contribution < 1.29 is 0 Å². The van der Waals surface area contributed by atoms with E-state index in [9.17, 15) is 0 Å². The van der Waals surface area contributed by atoms with Gasteiger partial charge in [-0.25, -0.2) is 0 Å². The van der Waals surface area contributed by atoms with E-state index in [0.717, 1.165) is 17.8 Å². The predicted octanol–water partition coefficient (Wildman–Crippen LogP) is 7.11. The van der Waals surface area contributed by atoms with Crippen LogP contribution in [-0.2, 0) is 0 Å². The molecule has 2 rings (SSSR count). The van der Waals surface area contributed by atoms with Crippen molar-refractivity contribution in [3.05, 3.63) is 0 Å². The first kappa shape index (κ1) is 18.1. The molecule has 0 aliphatic heterocycles. The topological polar surface area (TPSA) is 0 Å². The van der Waals surface area contributed by atoms with Gasteiger partial charge in [0.2, 0.25) is 0 Å². The summed E-state index contributed by atoms with van der Waals surface area (Å²) in [4.78, 5) is 0. The molecule has 1 heteroatoms. The Labute approximate surface area is 147 Å². The van der Waals surface area contributed by atoms with Crippen molar-refractivity contribution >= 4 is 22.6 Å². The largest absolute Gasteiger partial charge is 0.0864 e. The van der Waals surface area contributed by atoms with Crippen LogP contribution >= 0.6 is 22.6 Å². The molecule has 0 heterocycles. The summed E-state index contributed by atoms with van der Waals surface area (Å²) < 4.78 is 1.31. The molecule has 0 nitrogen and oxygen atoms in total. The first-order valence-electron chi connectivity index (χ1n) is 9.27. The molecule has 2 fully saturated rings. The van der Waals surface area contributed by atoms with E-state index < -0.39 is 0 Å². The Bertz CT molecular complexity index is 353. The van der Waals surface area contributed by atoms with E-state index in [-0.39, 0.29) is 0 Å². The first-order chi connectivity index (χ1) is 9.71. The Morgan fingerprint density at radius 1 is 1.10 bits per heavy atom. The molecule has 0 bridgehead atoms. The second-order valence-electron chi connectivity index (χ2n) is 9.51. The van der Waals surface area contributed by atoms with Gasteiger partial charge in [-0.15, -0.1) is 0 Å². The second-order valence-corrected chi connectivity index (χ2v) is 10.6. The molecule has 0 amide bonds. The standard InChI is InChI=1S/C20H37I/c1-7-8-20(19(6)12-16(3)13-19)14-15(2)11-17(20)18(4,5)9-10-21/h15-17H,7-14H2,1-6H3. The molecule has 3 atom stereocenters. The lowest BCUT2D eigenvalue weighted by molar-refractivity contribution is -0.118. The maximum Gasteiger partial charge on any atom is 0.0000458 e. The highest BCUT2D eigenvalue weighted by Gasteiger charge is 2.62. The minimum Gasteiger partial charge on any atom is -0.0864 e. The van der Waals surface area contributed by atoms with Gasteiger partial charge in [0.05, 0.1) is 0 Å². The zero-order valence-corrected chi connectivity index (χ0v) is 17.4. The summed E-state index contributed by atoms with van der Waals surface area (Å²) in [5.74, 6) is 2.84. The van der Waals surface area contributed by atoms with Crippen LogP contribution in [-0.4, -0.2) is 4.43 Å². The Balaban J connectivity index is 2.36. The molecule has 0 aromatic rings. The third-order valence-electron chi connectivity index (χ3n) is 7.20. The van der Waals surface area contributed by atoms with Gasteiger partial charge >= 0.3 is 0 Å². The average molecular weight is 404 g/mol. The molecule has 0 saturated heterocycles. The maximum atomic E-state index is 2.65. The minimum atomic E-state index is 0.517. The van der Waals surface area contributed by atoms with E-state index in [1.54, 1.807) is 0 Å². The van der Waals surface area contributed by atoms with Gasteiger partial charge in [-0.3, -0.25) is 0 Å². The fourth-order valence-corrected chi connectivity index (χ4v) is 7.93. The van der Waals surface area contributed by atoms with Gasteiger partial charge < -0.3 is 0 Å². The Hall–Kier alpha value is 0.730. The third kappa shape index (κ3) is 3.06. The lowest BCUT2D eigenvalue weighted by Gasteiger charge is -2.61. The van der Waals surface area contributed by atoms with Crippen LogP contribution in [0.3, 0.4) is 0 Å². The van der Waals surface area contributed by atoms with Gasteiger partial charge in [-0.1, -0.05) is 70.6 Å². The van der Waals surface area contributed by atoms with Crippen molar-refractivity contribution in [3.63, 3.8) is 0 Å². The summed E-state index contributed by atoms with van der Waals surface area (Å²) in [6, 6.07) is 0. The summed E-state index contributed by atoms with van der Waals surface area (Å²) in [7, 11) is 0. The summed E-state index contributed by atoms with van der Waals surface area (Å²) in [6.45, 7) is 15.2. The Morgan fingerprint density at radius 2 is 1.71 bits per heavy atom. The summed E-state index contributed by atoms with van der Waals surface area (Å²) in [6.07, 6.45) is 10.2. The fraction of sp³-hybridized carbons (Fsp3) is 1.00. The van der Waals surface area contributed by atoms with Crippen LogP contribution in [0.2, 0.25) is 0 Å². The second kappa shape index (κ2) is 6.32. The number of halogens is 1. The number of hydrogen-bond acceptors (Lipinski definition) is 0. The molecule has 2 saturated carbocycles. The van der Waals surface area contributed by atoms with Gasteiger partial charge in [0, 0.05) is 4.43 Å². The summed E-state index contributed by atoms with van der Waals surface area (Å²) in [5, 5.41) is 0. The van der Waals surface area contributed by atoms with Crippen LogP contribution in [0, 0.1) is 34.0 Å². The van der Waals surface area contributed by atoms with Gasteiger partial charge in [-0.2, -0.15) is 0 Å². The van der Waals surface area contributed by atoms with E-state index >= 15 is 0 Å². The SMILES string of the molecule is CCCC1(C2(C)CC(C)C2)CC(C)CC1C(C)(C)CCI. The molecule has 2 aliphatic carbocycles. The molecule has 21 heavy (non-hydrogen) atoms. The monoisotopic (exact) mass is 404 g/mol. The van der Waals surface area contributed by atoms with Crippen LogP contribution in [0.1, 0.15) is 86.5 Å². The molecule has 0 spiro atoms. The molecular weight excluding hydrogens is 367 g/mol. The van der Waals surface area contributed by atoms with Gasteiger partial charge in [0.15, 0.2) is 0 Å². The molecule has 0 aromatic heterocycles. The molecule has 3 unspecified atom stereocenters. The van der Waals surface area contributed by atoms with Crippen LogP contribution in [0.4, 0.5) is 0 Å². The molecule has 124 valence electrons. The van der Waals surface area contributed by atoms with Crippen LogP contribution in [0.25, 0.3) is 0 Å². The number of alkyl halides is 1. The number of rotatable bonds is 6. The fourth-order valence-electron chi connectivity index (χ4n) is 6.54. The average Bonchev–Trinajstić information content (AvgIpc) is 2.67. The van der Waals surface area contributed by atoms with Crippen molar-refractivity contribution in [2.75, 3.05) is 4.43 Å². The lowest BCUT2D eigenvalue weighted by atomic mass is 9.44. The summed E-state index contributed by atoms with van der Waals surface area (Å²) >= 11 is 2.59. The molecule has 0 aromatic carbocycles. The maximum absolute atomic E-state index is 2.65. The van der Waals surface area contributed by atoms with Crippen molar-refractivity contribution in [2.45, 2.75) is 86.5 Å². The Kier molecular flexibility index (Phi) is 5.44. The van der Waals surface area contributed by atoms with Crippen molar-refractivity contribution in [2.24, 2.45) is 34.0 Å². The minimum absolute atomic E-state index is 0.517. The third-order valence-corrected chi connectivity index (χ3v) is 7.74. The normalized spacial score (nSPS) is 43.9. The highest BCUT2D eigenvalue weighted by atomic mass is 127. The van der Waals surface area contributed by atoms with Crippen molar-refractivity contribution in [1.29, 1.82) is 0 Å². The van der Waals surface area contributed by atoms with Crippen molar-refractivity contribution in [1.82, 2.24) is 0 Å². The summed E-state index contributed by atoms with van der Waals surface area (Å²) in [5.41, 5.74) is 1.77. The Morgan fingerprint density at radius 3 is 2.19 bits per heavy atom. The van der Waals surface area contributed by atoms with Crippen LogP contribution in [0.5, 0.6) is 0 Å². The molecule has 0 N–H and O–H groups in total. The van der Waals surface area contributed by atoms with Gasteiger partial charge in [0.25, 0.3) is 0 Å². The first-order valence-corrected chi connectivity index (χ1v) is 10.8. The van der Waals surface area contributed by atoms with Crippen molar-refractivity contribution in [3.8, 4) is 0 Å².